The molecule has 0 saturated carbocycles. The van der Waals surface area contributed by atoms with Gasteiger partial charge in [0.1, 0.15) is 6.04 Å². The first-order valence-electron chi connectivity index (χ1n) is 4.98. The van der Waals surface area contributed by atoms with Crippen LogP contribution in [0.5, 0.6) is 0 Å². The molecule has 0 aliphatic rings. The highest BCUT2D eigenvalue weighted by molar-refractivity contribution is 7.50. The highest BCUT2D eigenvalue weighted by Crippen LogP contribution is 2.37. The molecule has 0 bridgehead atoms. The number of hydrogen-bond acceptors (Lipinski definition) is 4. The van der Waals surface area contributed by atoms with E-state index >= 15 is 0 Å². The highest BCUT2D eigenvalue weighted by atomic mass is 31.2. The highest BCUT2D eigenvalue weighted by Gasteiger charge is 2.28. The van der Waals surface area contributed by atoms with Crippen LogP contribution in [-0.2, 0) is 18.7 Å². The first-order valence-corrected chi connectivity index (χ1v) is 6.56. The minimum absolute atomic E-state index is 0.00600. The van der Waals surface area contributed by atoms with Gasteiger partial charge in [0.2, 0.25) is 0 Å². The lowest BCUT2D eigenvalue weighted by Crippen LogP contribution is -2.35. The van der Waals surface area contributed by atoms with Crippen LogP contribution in [0.25, 0.3) is 0 Å². The van der Waals surface area contributed by atoms with Crippen LogP contribution < -0.4 is 5.09 Å². The third kappa shape index (κ3) is 7.87. The molecule has 0 saturated heterocycles. The van der Waals surface area contributed by atoms with Crippen molar-refractivity contribution in [1.82, 2.24) is 5.09 Å². The summed E-state index contributed by atoms with van der Waals surface area (Å²) in [6.07, 6.45) is -0.221. The lowest BCUT2D eigenvalue weighted by molar-refractivity contribution is -0.140. The molecule has 9 heteroatoms. The van der Waals surface area contributed by atoms with Gasteiger partial charge in [-0.1, -0.05) is 6.92 Å². The number of carboxylic acid groups (broad SMARTS) is 2. The Balaban J connectivity index is 4.37. The number of aliphatic carboxylic acids is 2. The molecule has 0 rings (SSSR count). The topological polar surface area (TPSA) is 133 Å². The molecule has 0 aromatic carbocycles. The van der Waals surface area contributed by atoms with Crippen molar-refractivity contribution >= 4 is 19.7 Å². The number of rotatable bonds is 9. The normalized spacial score (nSPS) is 16.1. The van der Waals surface area contributed by atoms with Gasteiger partial charge in [-0.3, -0.25) is 14.1 Å². The van der Waals surface area contributed by atoms with Crippen LogP contribution in [0.3, 0.4) is 0 Å². The molecule has 1 unspecified atom stereocenters. The van der Waals surface area contributed by atoms with Gasteiger partial charge in [-0.15, -0.1) is 0 Å². The van der Waals surface area contributed by atoms with Gasteiger partial charge < -0.3 is 15.1 Å². The Kier molecular flexibility index (Phi) is 6.98. The third-order valence-electron chi connectivity index (χ3n) is 1.73. The van der Waals surface area contributed by atoms with Crippen molar-refractivity contribution in [2.75, 3.05) is 6.61 Å². The summed E-state index contributed by atoms with van der Waals surface area (Å²) in [5.74, 6) is -2.58. The second kappa shape index (κ2) is 7.39. The van der Waals surface area contributed by atoms with Gasteiger partial charge in [0.15, 0.2) is 0 Å². The maximum Gasteiger partial charge on any atom is 0.403 e. The average Bonchev–Trinajstić information content (AvgIpc) is 2.20. The van der Waals surface area contributed by atoms with E-state index in [0.717, 1.165) is 0 Å². The van der Waals surface area contributed by atoms with Crippen molar-refractivity contribution in [3.05, 3.63) is 0 Å². The van der Waals surface area contributed by atoms with Gasteiger partial charge in [-0.25, -0.2) is 9.65 Å². The maximum absolute atomic E-state index is 11.3. The standard InChI is InChI=1S/C8H16NO7P/c1-2-5-16-17(14,15)9-6(8(12)13)3-4-7(10)11/h6H,2-5H2,1H3,(H,10,11)(H,12,13)(H2,9,14,15)/t6-/m0/s1. The molecule has 0 fully saturated rings. The zero-order valence-electron chi connectivity index (χ0n) is 9.33. The predicted octanol–water partition coefficient (Wildman–Crippen LogP) is 0.421. The van der Waals surface area contributed by atoms with Gasteiger partial charge in [0.25, 0.3) is 0 Å². The van der Waals surface area contributed by atoms with Crippen LogP contribution in [0.15, 0.2) is 0 Å². The van der Waals surface area contributed by atoms with Gasteiger partial charge in [-0.05, 0) is 12.8 Å². The fourth-order valence-electron chi connectivity index (χ4n) is 0.960. The second-order valence-electron chi connectivity index (χ2n) is 3.31. The van der Waals surface area contributed by atoms with Gasteiger partial charge in [0.05, 0.1) is 6.61 Å². The molecule has 0 aliphatic heterocycles. The Labute approximate surface area is 98.2 Å². The van der Waals surface area contributed by atoms with Crippen molar-refractivity contribution in [1.29, 1.82) is 0 Å². The summed E-state index contributed by atoms with van der Waals surface area (Å²) < 4.78 is 15.9. The van der Waals surface area contributed by atoms with Crippen LogP contribution in [0, 0.1) is 0 Å². The van der Waals surface area contributed by atoms with E-state index in [1.54, 1.807) is 6.92 Å². The van der Waals surface area contributed by atoms with E-state index in [1.807, 2.05) is 5.09 Å². The number of carbonyl (C=O) groups is 2. The summed E-state index contributed by atoms with van der Waals surface area (Å²) >= 11 is 0. The summed E-state index contributed by atoms with van der Waals surface area (Å²) in [4.78, 5) is 30.2. The molecule has 100 valence electrons. The molecule has 2 atom stereocenters. The van der Waals surface area contributed by atoms with Crippen LogP contribution in [0.2, 0.25) is 0 Å². The van der Waals surface area contributed by atoms with E-state index in [9.17, 15) is 19.0 Å². The van der Waals surface area contributed by atoms with Gasteiger partial charge >= 0.3 is 19.7 Å². The van der Waals surface area contributed by atoms with E-state index in [4.69, 9.17) is 10.2 Å². The summed E-state index contributed by atoms with van der Waals surface area (Å²) in [5, 5.41) is 19.0. The summed E-state index contributed by atoms with van der Waals surface area (Å²) in [5.41, 5.74) is 0. The van der Waals surface area contributed by atoms with Crippen molar-refractivity contribution < 1.29 is 33.8 Å². The Hall–Kier alpha value is -0.950. The molecule has 0 amide bonds. The van der Waals surface area contributed by atoms with E-state index in [2.05, 4.69) is 4.52 Å². The fourth-order valence-corrected chi connectivity index (χ4v) is 2.10. The quantitative estimate of drug-likeness (QED) is 0.442. The molecule has 8 nitrogen and oxygen atoms in total. The zero-order chi connectivity index (χ0) is 13.5. The van der Waals surface area contributed by atoms with E-state index < -0.39 is 32.1 Å². The molecule has 0 aliphatic carbocycles. The molecular formula is C8H16NO7P. The van der Waals surface area contributed by atoms with E-state index in [0.29, 0.717) is 6.42 Å². The molecule has 0 radical (unpaired) electrons. The second-order valence-corrected chi connectivity index (χ2v) is 4.86. The van der Waals surface area contributed by atoms with Crippen LogP contribution in [-0.4, -0.2) is 39.7 Å². The van der Waals surface area contributed by atoms with Gasteiger partial charge in [0, 0.05) is 6.42 Å². The Morgan fingerprint density at radius 3 is 2.41 bits per heavy atom. The SMILES string of the molecule is CCCOP(=O)(O)N[C@@H](CCC(=O)O)C(=O)O. The summed E-state index contributed by atoms with van der Waals surface area (Å²) in [6.45, 7) is 1.73. The van der Waals surface area contributed by atoms with Crippen molar-refractivity contribution in [2.45, 2.75) is 32.2 Å². The van der Waals surface area contributed by atoms with E-state index in [1.165, 1.54) is 0 Å². The molecule has 17 heavy (non-hydrogen) atoms. The van der Waals surface area contributed by atoms with Crippen LogP contribution >= 0.6 is 7.75 Å². The monoisotopic (exact) mass is 269 g/mol. The average molecular weight is 269 g/mol. The van der Waals surface area contributed by atoms with Crippen molar-refractivity contribution in [3.63, 3.8) is 0 Å². The third-order valence-corrected chi connectivity index (χ3v) is 2.90. The minimum Gasteiger partial charge on any atom is -0.481 e. The molecule has 0 heterocycles. The smallest absolute Gasteiger partial charge is 0.403 e. The Bertz CT molecular complexity index is 319. The van der Waals surface area contributed by atoms with Crippen molar-refractivity contribution in [3.8, 4) is 0 Å². The zero-order valence-corrected chi connectivity index (χ0v) is 10.2. The lowest BCUT2D eigenvalue weighted by atomic mass is 10.2. The molecule has 4 N–H and O–H groups in total. The first-order chi connectivity index (χ1) is 7.78. The van der Waals surface area contributed by atoms with E-state index in [-0.39, 0.29) is 13.0 Å². The molecule has 0 aromatic rings. The maximum atomic E-state index is 11.3. The summed E-state index contributed by atoms with van der Waals surface area (Å²) in [6, 6.07) is -1.43. The Morgan fingerprint density at radius 1 is 1.41 bits per heavy atom. The van der Waals surface area contributed by atoms with Crippen molar-refractivity contribution in [2.24, 2.45) is 0 Å². The first kappa shape index (κ1) is 16.1. The number of hydrogen-bond donors (Lipinski definition) is 4. The lowest BCUT2D eigenvalue weighted by Gasteiger charge is -2.18. The summed E-state index contributed by atoms with van der Waals surface area (Å²) in [7, 11) is -4.20. The Morgan fingerprint density at radius 2 is 2.00 bits per heavy atom. The number of nitrogens with one attached hydrogen (secondary N) is 1. The molecular weight excluding hydrogens is 253 g/mol. The van der Waals surface area contributed by atoms with Crippen LogP contribution in [0.1, 0.15) is 26.2 Å². The molecule has 0 spiro atoms. The largest absolute Gasteiger partial charge is 0.481 e. The molecule has 0 aromatic heterocycles. The fraction of sp³-hybridized carbons (Fsp3) is 0.750. The minimum atomic E-state index is -4.20. The van der Waals surface area contributed by atoms with Gasteiger partial charge in [-0.2, -0.15) is 0 Å². The number of carboxylic acids is 2. The van der Waals surface area contributed by atoms with Crippen LogP contribution in [0.4, 0.5) is 0 Å². The predicted molar refractivity (Wildman–Crippen MR) is 57.5 cm³/mol.